The Morgan fingerprint density at radius 3 is 1.68 bits per heavy atom. The maximum atomic E-state index is 12.9. The summed E-state index contributed by atoms with van der Waals surface area (Å²) >= 11 is 6.41. The Hall–Kier alpha value is -3.88. The quantitative estimate of drug-likeness (QED) is 0.308. The van der Waals surface area contributed by atoms with Crippen LogP contribution in [0.15, 0.2) is 76.7 Å². The molecule has 0 radical (unpaired) electrons. The van der Waals surface area contributed by atoms with Gasteiger partial charge in [0.05, 0.1) is 10.6 Å². The van der Waals surface area contributed by atoms with Gasteiger partial charge in [-0.2, -0.15) is 0 Å². The molecular weight excluding hydrogens is 547 g/mol. The Bertz CT molecular complexity index is 1400. The monoisotopic (exact) mass is 578 g/mol. The van der Waals surface area contributed by atoms with Crippen LogP contribution < -0.4 is 21.3 Å². The topological polar surface area (TPSA) is 107 Å². The fourth-order valence-electron chi connectivity index (χ4n) is 4.43. The van der Waals surface area contributed by atoms with Crippen molar-refractivity contribution in [1.29, 1.82) is 0 Å². The third kappa shape index (κ3) is 7.40. The highest BCUT2D eigenvalue weighted by Crippen LogP contribution is 2.21. The summed E-state index contributed by atoms with van der Waals surface area (Å²) in [6.45, 7) is 3.44. The van der Waals surface area contributed by atoms with Gasteiger partial charge in [-0.25, -0.2) is 0 Å². The van der Waals surface area contributed by atoms with Gasteiger partial charge in [0.25, 0.3) is 11.8 Å². The van der Waals surface area contributed by atoms with Gasteiger partial charge < -0.3 is 21.3 Å². The average Bonchev–Trinajstić information content (AvgIpc) is 3.40. The van der Waals surface area contributed by atoms with Crippen molar-refractivity contribution >= 4 is 58.9 Å². The first kappa shape index (κ1) is 29.1. The van der Waals surface area contributed by atoms with Crippen molar-refractivity contribution in [3.8, 4) is 0 Å². The van der Waals surface area contributed by atoms with Gasteiger partial charge in [0, 0.05) is 54.2 Å². The number of nitrogens with one attached hydrogen (secondary N) is 4. The van der Waals surface area contributed by atoms with Crippen LogP contribution in [0.2, 0.25) is 5.02 Å². The standard InChI is InChI=1S/C30H31ClN6O2.ClH/c31-26-19-22(29(38)36-23-10-5-20(6-11-23)27-32-15-1-2-16-33-27)9-14-25(26)30(39)37-24-12-7-21(8-13-24)28-34-17-3-4-18-35-28;/h5-14,19H,1-4,15-18H2,(H,32,33)(H,34,35)(H,36,38)(H,37,39);1H. The Morgan fingerprint density at radius 1 is 0.675 bits per heavy atom. The molecular formula is C30H32Cl2N6O2. The van der Waals surface area contributed by atoms with Crippen molar-refractivity contribution in [2.75, 3.05) is 36.8 Å². The van der Waals surface area contributed by atoms with Crippen LogP contribution in [0.5, 0.6) is 0 Å². The number of carbonyl (C=O) groups excluding carboxylic acids is 2. The second-order valence-corrected chi connectivity index (χ2v) is 9.89. The highest BCUT2D eigenvalue weighted by molar-refractivity contribution is 6.35. The summed E-state index contributed by atoms with van der Waals surface area (Å²) in [5.41, 5.74) is 3.91. The summed E-state index contributed by atoms with van der Waals surface area (Å²) in [6, 6.07) is 19.7. The number of nitrogens with zero attached hydrogens (tertiary/aromatic N) is 2. The molecule has 2 amide bonds. The smallest absolute Gasteiger partial charge is 0.257 e. The molecule has 0 saturated carbocycles. The lowest BCUT2D eigenvalue weighted by molar-refractivity contribution is 0.101. The number of amides is 2. The van der Waals surface area contributed by atoms with Gasteiger partial charge in [0.2, 0.25) is 0 Å². The highest BCUT2D eigenvalue weighted by Gasteiger charge is 2.15. The molecule has 2 aliphatic heterocycles. The first-order valence-electron chi connectivity index (χ1n) is 13.3. The number of carbonyl (C=O) groups is 2. The molecule has 208 valence electrons. The van der Waals surface area contributed by atoms with E-state index in [1.807, 2.05) is 48.5 Å². The van der Waals surface area contributed by atoms with E-state index in [0.717, 1.165) is 74.7 Å². The van der Waals surface area contributed by atoms with Crippen LogP contribution in [-0.4, -0.2) is 49.7 Å². The lowest BCUT2D eigenvalue weighted by Crippen LogP contribution is -2.24. The summed E-state index contributed by atoms with van der Waals surface area (Å²) in [7, 11) is 0. The molecule has 0 bridgehead atoms. The zero-order chi connectivity index (χ0) is 27.0. The molecule has 4 N–H and O–H groups in total. The van der Waals surface area contributed by atoms with E-state index in [1.54, 1.807) is 12.1 Å². The van der Waals surface area contributed by atoms with Crippen LogP contribution in [0.4, 0.5) is 11.4 Å². The molecule has 0 atom stereocenters. The third-order valence-electron chi connectivity index (χ3n) is 6.60. The van der Waals surface area contributed by atoms with E-state index in [-0.39, 0.29) is 34.8 Å². The molecule has 8 nitrogen and oxygen atoms in total. The largest absolute Gasteiger partial charge is 0.370 e. The van der Waals surface area contributed by atoms with Crippen molar-refractivity contribution in [1.82, 2.24) is 10.6 Å². The highest BCUT2D eigenvalue weighted by atomic mass is 35.5. The van der Waals surface area contributed by atoms with Gasteiger partial charge in [-0.15, -0.1) is 12.4 Å². The molecule has 0 fully saturated rings. The second kappa shape index (κ2) is 14.0. The van der Waals surface area contributed by atoms with Gasteiger partial charge in [-0.05, 0) is 92.4 Å². The molecule has 0 aromatic heterocycles. The maximum Gasteiger partial charge on any atom is 0.257 e. The number of benzene rings is 3. The summed E-state index contributed by atoms with van der Waals surface area (Å²) in [5, 5.41) is 12.6. The van der Waals surface area contributed by atoms with Crippen molar-refractivity contribution in [2.24, 2.45) is 9.98 Å². The maximum absolute atomic E-state index is 12.9. The summed E-state index contributed by atoms with van der Waals surface area (Å²) in [5.74, 6) is 1.10. The number of aliphatic imine (C=N–C) groups is 2. The molecule has 2 aliphatic rings. The van der Waals surface area contributed by atoms with Crippen LogP contribution in [0.3, 0.4) is 0 Å². The zero-order valence-corrected chi connectivity index (χ0v) is 23.6. The zero-order valence-electron chi connectivity index (χ0n) is 22.0. The van der Waals surface area contributed by atoms with E-state index in [1.165, 1.54) is 6.07 Å². The Labute approximate surface area is 245 Å². The van der Waals surface area contributed by atoms with Crippen LogP contribution in [-0.2, 0) is 0 Å². The van der Waals surface area contributed by atoms with Crippen LogP contribution in [0.25, 0.3) is 0 Å². The first-order chi connectivity index (χ1) is 19.1. The number of rotatable bonds is 6. The normalized spacial score (nSPS) is 15.0. The van der Waals surface area contributed by atoms with Gasteiger partial charge in [0.1, 0.15) is 11.7 Å². The Balaban J connectivity index is 0.00000370. The van der Waals surface area contributed by atoms with Crippen LogP contribution in [0.1, 0.15) is 57.5 Å². The number of hydrogen-bond donors (Lipinski definition) is 4. The SMILES string of the molecule is Cl.O=C(Nc1ccc(C2=NCCCCN2)cc1)c1ccc(C(=O)Nc2ccc(C3=NCCCCN3)cc2)c(Cl)c1. The molecule has 0 spiro atoms. The van der Waals surface area contributed by atoms with E-state index in [9.17, 15) is 9.59 Å². The van der Waals surface area contributed by atoms with Crippen molar-refractivity contribution in [2.45, 2.75) is 25.7 Å². The molecule has 3 aromatic rings. The number of amidine groups is 2. The molecule has 10 heteroatoms. The fourth-order valence-corrected chi connectivity index (χ4v) is 4.70. The molecule has 0 saturated heterocycles. The third-order valence-corrected chi connectivity index (χ3v) is 6.92. The summed E-state index contributed by atoms with van der Waals surface area (Å²) < 4.78 is 0. The second-order valence-electron chi connectivity index (χ2n) is 9.49. The van der Waals surface area contributed by atoms with Crippen molar-refractivity contribution < 1.29 is 9.59 Å². The minimum atomic E-state index is -0.352. The minimum absolute atomic E-state index is 0. The van der Waals surface area contributed by atoms with E-state index in [0.29, 0.717) is 16.9 Å². The lowest BCUT2D eigenvalue weighted by atomic mass is 10.1. The number of anilines is 2. The Morgan fingerprint density at radius 2 is 1.18 bits per heavy atom. The lowest BCUT2D eigenvalue weighted by Gasteiger charge is -2.11. The predicted octanol–water partition coefficient (Wildman–Crippen LogP) is 5.53. The van der Waals surface area contributed by atoms with Gasteiger partial charge in [0.15, 0.2) is 0 Å². The molecule has 5 rings (SSSR count). The minimum Gasteiger partial charge on any atom is -0.370 e. The van der Waals surface area contributed by atoms with Gasteiger partial charge in [-0.1, -0.05) is 11.6 Å². The molecule has 40 heavy (non-hydrogen) atoms. The number of halogens is 2. The molecule has 0 aliphatic carbocycles. The van der Waals surface area contributed by atoms with E-state index < -0.39 is 0 Å². The van der Waals surface area contributed by atoms with Gasteiger partial charge >= 0.3 is 0 Å². The van der Waals surface area contributed by atoms with Crippen molar-refractivity contribution in [3.05, 3.63) is 94.0 Å². The molecule has 2 heterocycles. The average molecular weight is 580 g/mol. The van der Waals surface area contributed by atoms with Crippen LogP contribution >= 0.6 is 24.0 Å². The summed E-state index contributed by atoms with van der Waals surface area (Å²) in [6.07, 6.45) is 4.36. The molecule has 0 unspecified atom stereocenters. The number of hydrogen-bond acceptors (Lipinski definition) is 6. The van der Waals surface area contributed by atoms with E-state index >= 15 is 0 Å². The first-order valence-corrected chi connectivity index (χ1v) is 13.6. The molecule has 3 aromatic carbocycles. The van der Waals surface area contributed by atoms with E-state index in [4.69, 9.17) is 11.6 Å². The van der Waals surface area contributed by atoms with Gasteiger partial charge in [-0.3, -0.25) is 19.6 Å². The summed E-state index contributed by atoms with van der Waals surface area (Å²) in [4.78, 5) is 34.9. The fraction of sp³-hybridized carbons (Fsp3) is 0.267. The van der Waals surface area contributed by atoms with Crippen LogP contribution in [0, 0.1) is 0 Å². The predicted molar refractivity (Wildman–Crippen MR) is 165 cm³/mol. The Kier molecular flexibility index (Phi) is 10.2. The van der Waals surface area contributed by atoms with E-state index in [2.05, 4.69) is 31.3 Å². The van der Waals surface area contributed by atoms with Crippen molar-refractivity contribution in [3.63, 3.8) is 0 Å².